The van der Waals surface area contributed by atoms with Crippen LogP contribution in [-0.4, -0.2) is 50.1 Å². The van der Waals surface area contributed by atoms with Crippen molar-refractivity contribution in [1.82, 2.24) is 0 Å². The van der Waals surface area contributed by atoms with E-state index in [1.54, 1.807) is 0 Å². The average molecular weight is 513 g/mol. The number of hydrogen-bond acceptors (Lipinski definition) is 10. The molecule has 0 saturated heterocycles. The lowest BCUT2D eigenvalue weighted by molar-refractivity contribution is -0.384. The van der Waals surface area contributed by atoms with Crippen molar-refractivity contribution in [3.63, 3.8) is 0 Å². The minimum atomic E-state index is -1.35. The Labute approximate surface area is 210 Å². The highest BCUT2D eigenvalue weighted by Crippen LogP contribution is 2.34. The van der Waals surface area contributed by atoms with Gasteiger partial charge in [0.15, 0.2) is 23.4 Å². The number of hydrogen-bond donors (Lipinski definition) is 2. The SMILES string of the molecule is COc1ccc([N+](=O)[O-])cc1NC(=O)C(C)OC(=O)c1cc(OC)c(OC)cc1NC(=O)c1ccco1. The summed E-state index contributed by atoms with van der Waals surface area (Å²) in [5.74, 6) is -1.85. The maximum atomic E-state index is 13.0. The molecule has 0 spiro atoms. The van der Waals surface area contributed by atoms with Crippen LogP contribution in [0.25, 0.3) is 0 Å². The first kappa shape index (κ1) is 26.5. The molecule has 3 aromatic rings. The van der Waals surface area contributed by atoms with Gasteiger partial charge in [0.25, 0.3) is 17.5 Å². The third kappa shape index (κ3) is 6.14. The van der Waals surface area contributed by atoms with Crippen molar-refractivity contribution in [2.24, 2.45) is 0 Å². The first-order chi connectivity index (χ1) is 17.7. The molecule has 37 heavy (non-hydrogen) atoms. The van der Waals surface area contributed by atoms with Crippen LogP contribution in [0.4, 0.5) is 17.1 Å². The van der Waals surface area contributed by atoms with Crippen molar-refractivity contribution in [2.45, 2.75) is 13.0 Å². The Morgan fingerprint density at radius 2 is 1.59 bits per heavy atom. The molecule has 2 aromatic carbocycles. The molecular formula is C24H23N3O10. The number of nitrogens with zero attached hydrogens (tertiary/aromatic N) is 1. The van der Waals surface area contributed by atoms with E-state index in [-0.39, 0.29) is 45.6 Å². The normalized spacial score (nSPS) is 11.1. The average Bonchev–Trinajstić information content (AvgIpc) is 3.43. The minimum Gasteiger partial charge on any atom is -0.495 e. The van der Waals surface area contributed by atoms with Crippen molar-refractivity contribution >= 4 is 34.8 Å². The highest BCUT2D eigenvalue weighted by Gasteiger charge is 2.25. The largest absolute Gasteiger partial charge is 0.495 e. The lowest BCUT2D eigenvalue weighted by Crippen LogP contribution is -2.30. The highest BCUT2D eigenvalue weighted by atomic mass is 16.6. The van der Waals surface area contributed by atoms with E-state index >= 15 is 0 Å². The topological polar surface area (TPSA) is 168 Å². The summed E-state index contributed by atoms with van der Waals surface area (Å²) < 4.78 is 26.0. The smallest absolute Gasteiger partial charge is 0.341 e. The van der Waals surface area contributed by atoms with E-state index in [9.17, 15) is 24.5 Å². The predicted molar refractivity (Wildman–Crippen MR) is 129 cm³/mol. The summed E-state index contributed by atoms with van der Waals surface area (Å²) >= 11 is 0. The second-order valence-electron chi connectivity index (χ2n) is 7.36. The van der Waals surface area contributed by atoms with E-state index in [2.05, 4.69) is 10.6 Å². The van der Waals surface area contributed by atoms with Gasteiger partial charge in [-0.15, -0.1) is 0 Å². The molecule has 0 saturated carbocycles. The number of amides is 2. The zero-order valence-electron chi connectivity index (χ0n) is 20.2. The number of ether oxygens (including phenoxy) is 4. The van der Waals surface area contributed by atoms with Crippen molar-refractivity contribution in [2.75, 3.05) is 32.0 Å². The number of carbonyl (C=O) groups excluding carboxylic acids is 3. The lowest BCUT2D eigenvalue weighted by Gasteiger charge is -2.18. The molecular weight excluding hydrogens is 490 g/mol. The summed E-state index contributed by atoms with van der Waals surface area (Å²) in [5.41, 5.74) is -0.382. The number of esters is 1. The molecule has 0 aliphatic heterocycles. The van der Waals surface area contributed by atoms with Crippen LogP contribution in [0.2, 0.25) is 0 Å². The quantitative estimate of drug-likeness (QED) is 0.232. The molecule has 1 atom stereocenters. The van der Waals surface area contributed by atoms with Gasteiger partial charge in [0.2, 0.25) is 0 Å². The van der Waals surface area contributed by atoms with Gasteiger partial charge in [-0.2, -0.15) is 0 Å². The van der Waals surface area contributed by atoms with Crippen molar-refractivity contribution in [3.05, 3.63) is 70.2 Å². The third-order valence-electron chi connectivity index (χ3n) is 5.04. The van der Waals surface area contributed by atoms with Gasteiger partial charge in [0, 0.05) is 24.3 Å². The summed E-state index contributed by atoms with van der Waals surface area (Å²) in [7, 11) is 4.06. The molecule has 2 N–H and O–H groups in total. The summed E-state index contributed by atoms with van der Waals surface area (Å²) in [6, 6.07) is 9.25. The fourth-order valence-corrected chi connectivity index (χ4v) is 3.16. The molecule has 0 aliphatic rings. The van der Waals surface area contributed by atoms with Crippen LogP contribution in [0.1, 0.15) is 27.8 Å². The van der Waals surface area contributed by atoms with Crippen molar-refractivity contribution < 1.29 is 42.7 Å². The number of nitrogens with one attached hydrogen (secondary N) is 2. The molecule has 1 unspecified atom stereocenters. The van der Waals surface area contributed by atoms with Gasteiger partial charge in [-0.3, -0.25) is 19.7 Å². The van der Waals surface area contributed by atoms with Crippen LogP contribution < -0.4 is 24.8 Å². The zero-order chi connectivity index (χ0) is 27.1. The van der Waals surface area contributed by atoms with Gasteiger partial charge in [-0.25, -0.2) is 4.79 Å². The molecule has 0 radical (unpaired) electrons. The fourth-order valence-electron chi connectivity index (χ4n) is 3.16. The van der Waals surface area contributed by atoms with E-state index < -0.39 is 28.8 Å². The first-order valence-electron chi connectivity index (χ1n) is 10.6. The second-order valence-corrected chi connectivity index (χ2v) is 7.36. The Hall–Kier alpha value is -5.07. The molecule has 194 valence electrons. The van der Waals surface area contributed by atoms with E-state index in [1.165, 1.54) is 70.9 Å². The monoisotopic (exact) mass is 513 g/mol. The van der Waals surface area contributed by atoms with Crippen LogP contribution in [-0.2, 0) is 9.53 Å². The van der Waals surface area contributed by atoms with E-state index in [1.807, 2.05) is 0 Å². The summed E-state index contributed by atoms with van der Waals surface area (Å²) in [5, 5.41) is 16.1. The van der Waals surface area contributed by atoms with E-state index in [4.69, 9.17) is 23.4 Å². The molecule has 13 nitrogen and oxygen atoms in total. The molecule has 0 bridgehead atoms. The molecule has 0 aliphatic carbocycles. The van der Waals surface area contributed by atoms with Gasteiger partial charge in [0.1, 0.15) is 5.75 Å². The number of non-ortho nitro benzene ring substituents is 1. The Morgan fingerprint density at radius 3 is 2.19 bits per heavy atom. The molecule has 2 amide bonds. The van der Waals surface area contributed by atoms with E-state index in [0.717, 1.165) is 6.07 Å². The number of carbonyl (C=O) groups is 3. The van der Waals surface area contributed by atoms with Gasteiger partial charge in [-0.1, -0.05) is 0 Å². The Morgan fingerprint density at radius 1 is 0.919 bits per heavy atom. The summed E-state index contributed by atoms with van der Waals surface area (Å²) in [6.07, 6.45) is -0.0341. The number of rotatable bonds is 10. The maximum Gasteiger partial charge on any atom is 0.341 e. The second kappa shape index (κ2) is 11.6. The number of methoxy groups -OCH3 is 3. The molecule has 3 rings (SSSR count). The first-order valence-corrected chi connectivity index (χ1v) is 10.6. The Kier molecular flexibility index (Phi) is 8.30. The van der Waals surface area contributed by atoms with Crippen LogP contribution in [0, 0.1) is 10.1 Å². The zero-order valence-corrected chi connectivity index (χ0v) is 20.2. The van der Waals surface area contributed by atoms with Crippen LogP contribution >= 0.6 is 0 Å². The minimum absolute atomic E-state index is 0.00671. The molecule has 1 heterocycles. The fraction of sp³-hybridized carbons (Fsp3) is 0.208. The number of anilines is 2. The third-order valence-corrected chi connectivity index (χ3v) is 5.04. The van der Waals surface area contributed by atoms with Crippen molar-refractivity contribution in [3.8, 4) is 17.2 Å². The Balaban J connectivity index is 1.84. The van der Waals surface area contributed by atoms with Gasteiger partial charge in [0.05, 0.1) is 49.5 Å². The van der Waals surface area contributed by atoms with Crippen molar-refractivity contribution in [1.29, 1.82) is 0 Å². The number of benzene rings is 2. The number of nitro benzene ring substituents is 1. The highest BCUT2D eigenvalue weighted by molar-refractivity contribution is 6.08. The maximum absolute atomic E-state index is 13.0. The number of furan rings is 1. The van der Waals surface area contributed by atoms with Crippen LogP contribution in [0.3, 0.4) is 0 Å². The van der Waals surface area contributed by atoms with Crippen LogP contribution in [0.15, 0.2) is 53.1 Å². The number of nitro groups is 1. The standard InChI is InChI=1S/C24H23N3O10/c1-13(22(28)26-17-10-14(27(31)32)7-8-18(17)33-2)37-24(30)15-11-20(34-3)21(35-4)12-16(15)25-23(29)19-6-5-9-36-19/h5-13H,1-4H3,(H,25,29)(H,26,28). The van der Waals surface area contributed by atoms with Gasteiger partial charge in [-0.05, 0) is 25.1 Å². The van der Waals surface area contributed by atoms with E-state index in [0.29, 0.717) is 0 Å². The van der Waals surface area contributed by atoms with Gasteiger partial charge < -0.3 is 34.0 Å². The molecule has 13 heteroatoms. The molecule has 1 aromatic heterocycles. The Bertz CT molecular complexity index is 1320. The van der Waals surface area contributed by atoms with Gasteiger partial charge >= 0.3 is 5.97 Å². The summed E-state index contributed by atoms with van der Waals surface area (Å²) in [4.78, 5) is 48.8. The van der Waals surface area contributed by atoms with Crippen LogP contribution in [0.5, 0.6) is 17.2 Å². The molecule has 0 fully saturated rings. The predicted octanol–water partition coefficient (Wildman–Crippen LogP) is 3.65. The summed E-state index contributed by atoms with van der Waals surface area (Å²) in [6.45, 7) is 1.30. The lowest BCUT2D eigenvalue weighted by atomic mass is 10.1.